The Morgan fingerprint density at radius 2 is 1.68 bits per heavy atom. The smallest absolute Gasteiger partial charge is 0.465 e. The molecule has 0 bridgehead atoms. The molecule has 1 aliphatic rings. The Hall–Kier alpha value is -1.53. The Kier molecular flexibility index (Phi) is 4.28. The van der Waals surface area contributed by atoms with Crippen LogP contribution in [-0.4, -0.2) is 45.5 Å². The lowest BCUT2D eigenvalue weighted by atomic mass is 9.75. The summed E-state index contributed by atoms with van der Waals surface area (Å²) in [5.74, 6) is -0.394. The minimum absolute atomic E-state index is 0.394. The molecule has 1 saturated heterocycles. The second kappa shape index (κ2) is 5.59. The van der Waals surface area contributed by atoms with Crippen LogP contribution in [0.5, 0.6) is 0 Å². The highest BCUT2D eigenvalue weighted by Gasteiger charge is 2.52. The Morgan fingerprint density at radius 1 is 1.14 bits per heavy atom. The molecule has 1 fully saturated rings. The summed E-state index contributed by atoms with van der Waals surface area (Å²) in [7, 11) is 4.55. The van der Waals surface area contributed by atoms with E-state index in [0.717, 1.165) is 5.69 Å². The number of hydrogen-bond acceptors (Lipinski definition) is 5. The highest BCUT2D eigenvalue weighted by atomic mass is 16.7. The van der Waals surface area contributed by atoms with Gasteiger partial charge in [0.2, 0.25) is 0 Å². The Bertz CT molecular complexity index is 568. The van der Waals surface area contributed by atoms with Gasteiger partial charge in [0.1, 0.15) is 0 Å². The number of carbonyl (C=O) groups is 1. The van der Waals surface area contributed by atoms with Crippen LogP contribution >= 0.6 is 0 Å². The van der Waals surface area contributed by atoms with Crippen LogP contribution in [0.4, 0.5) is 5.69 Å². The van der Waals surface area contributed by atoms with Crippen LogP contribution in [-0.2, 0) is 14.0 Å². The molecule has 1 heterocycles. The van der Waals surface area contributed by atoms with Crippen molar-refractivity contribution in [1.29, 1.82) is 0 Å². The average Bonchev–Trinajstić information content (AvgIpc) is 2.65. The third kappa shape index (κ3) is 2.73. The first-order chi connectivity index (χ1) is 10.1. The third-order valence-electron chi connectivity index (χ3n) is 4.45. The number of hydrogen-bond donors (Lipinski definition) is 0. The van der Waals surface area contributed by atoms with E-state index in [1.54, 1.807) is 0 Å². The van der Waals surface area contributed by atoms with Crippen molar-refractivity contribution in [3.63, 3.8) is 0 Å². The van der Waals surface area contributed by atoms with Crippen LogP contribution in [0.2, 0.25) is 0 Å². The third-order valence-corrected chi connectivity index (χ3v) is 4.45. The largest absolute Gasteiger partial charge is 0.495 e. The van der Waals surface area contributed by atoms with Gasteiger partial charge in [-0.25, -0.2) is 4.79 Å². The zero-order valence-electron chi connectivity index (χ0n) is 14.4. The maximum absolute atomic E-state index is 12.3. The van der Waals surface area contributed by atoms with E-state index in [-0.39, 0.29) is 0 Å². The molecule has 0 radical (unpaired) electrons. The Morgan fingerprint density at radius 3 is 2.14 bits per heavy atom. The van der Waals surface area contributed by atoms with Crippen molar-refractivity contribution in [2.24, 2.45) is 0 Å². The van der Waals surface area contributed by atoms with Crippen LogP contribution in [0.1, 0.15) is 38.1 Å². The molecule has 0 amide bonds. The van der Waals surface area contributed by atoms with E-state index < -0.39 is 24.3 Å². The van der Waals surface area contributed by atoms with Crippen molar-refractivity contribution < 1.29 is 18.8 Å². The van der Waals surface area contributed by atoms with E-state index in [4.69, 9.17) is 14.0 Å². The number of rotatable bonds is 3. The monoisotopic (exact) mass is 305 g/mol. The molecule has 0 atom stereocenters. The fourth-order valence-electron chi connectivity index (χ4n) is 2.42. The summed E-state index contributed by atoms with van der Waals surface area (Å²) in [4.78, 5) is 14.2. The lowest BCUT2D eigenvalue weighted by Gasteiger charge is -2.32. The van der Waals surface area contributed by atoms with Gasteiger partial charge in [-0.2, -0.15) is 0 Å². The molecule has 5 nitrogen and oxygen atoms in total. The lowest BCUT2D eigenvalue weighted by Crippen LogP contribution is -2.41. The number of benzene rings is 1. The van der Waals surface area contributed by atoms with Gasteiger partial charge in [0.15, 0.2) is 0 Å². The van der Waals surface area contributed by atoms with Crippen LogP contribution in [0.15, 0.2) is 18.2 Å². The van der Waals surface area contributed by atoms with E-state index in [1.807, 2.05) is 64.9 Å². The van der Waals surface area contributed by atoms with Crippen LogP contribution in [0.25, 0.3) is 0 Å². The van der Waals surface area contributed by atoms with E-state index in [9.17, 15) is 4.79 Å². The molecule has 0 spiro atoms. The van der Waals surface area contributed by atoms with Crippen molar-refractivity contribution in [2.45, 2.75) is 38.9 Å². The summed E-state index contributed by atoms with van der Waals surface area (Å²) in [6.45, 7) is 7.95. The lowest BCUT2D eigenvalue weighted by molar-refractivity contribution is 0.00578. The molecule has 120 valence electrons. The molecule has 0 saturated carbocycles. The van der Waals surface area contributed by atoms with Crippen molar-refractivity contribution >= 4 is 24.2 Å². The second-order valence-electron chi connectivity index (χ2n) is 6.72. The van der Waals surface area contributed by atoms with Gasteiger partial charge < -0.3 is 18.9 Å². The first-order valence-electron chi connectivity index (χ1n) is 7.35. The van der Waals surface area contributed by atoms with Gasteiger partial charge in [0.05, 0.1) is 29.6 Å². The van der Waals surface area contributed by atoms with Crippen LogP contribution in [0, 0.1) is 0 Å². The van der Waals surface area contributed by atoms with Gasteiger partial charge in [0.25, 0.3) is 0 Å². The molecule has 0 aliphatic carbocycles. The normalized spacial score (nSPS) is 19.1. The van der Waals surface area contributed by atoms with E-state index >= 15 is 0 Å². The van der Waals surface area contributed by atoms with Crippen molar-refractivity contribution in [3.05, 3.63) is 23.8 Å². The first kappa shape index (κ1) is 16.8. The SMILES string of the molecule is COC(=O)c1c(B2OC(C)(C)C(C)(C)O2)cccc1N(C)C. The topological polar surface area (TPSA) is 48.0 Å². The first-order valence-corrected chi connectivity index (χ1v) is 7.35. The van der Waals surface area contributed by atoms with Crippen molar-refractivity contribution in [3.8, 4) is 0 Å². The number of methoxy groups -OCH3 is 1. The van der Waals surface area contributed by atoms with Gasteiger partial charge in [-0.3, -0.25) is 0 Å². The second-order valence-corrected chi connectivity index (χ2v) is 6.72. The summed E-state index contributed by atoms with van der Waals surface area (Å²) in [5.41, 5.74) is 1.03. The molecule has 1 aromatic carbocycles. The van der Waals surface area contributed by atoms with E-state index in [0.29, 0.717) is 11.0 Å². The fraction of sp³-hybridized carbons (Fsp3) is 0.562. The number of anilines is 1. The molecular weight excluding hydrogens is 281 g/mol. The number of carbonyl (C=O) groups excluding carboxylic acids is 1. The maximum atomic E-state index is 12.3. The van der Waals surface area contributed by atoms with E-state index in [2.05, 4.69) is 0 Å². The highest BCUT2D eigenvalue weighted by molar-refractivity contribution is 6.64. The summed E-state index contributed by atoms with van der Waals surface area (Å²) in [6, 6.07) is 5.62. The standard InChI is InChI=1S/C16H24BNO4/c1-15(2)16(3,4)22-17(21-15)11-9-8-10-12(18(5)6)13(11)14(19)20-7/h8-10H,1-7H3. The predicted molar refractivity (Wildman–Crippen MR) is 87.8 cm³/mol. The molecule has 6 heteroatoms. The molecule has 0 N–H and O–H groups in total. The minimum Gasteiger partial charge on any atom is -0.465 e. The highest BCUT2D eigenvalue weighted by Crippen LogP contribution is 2.37. The fourth-order valence-corrected chi connectivity index (χ4v) is 2.42. The Balaban J connectivity index is 2.53. The zero-order valence-corrected chi connectivity index (χ0v) is 14.4. The number of esters is 1. The van der Waals surface area contributed by atoms with Gasteiger partial charge >= 0.3 is 13.1 Å². The minimum atomic E-state index is -0.598. The summed E-state index contributed by atoms with van der Waals surface area (Å²) < 4.78 is 17.1. The molecule has 2 rings (SSSR count). The van der Waals surface area contributed by atoms with Crippen molar-refractivity contribution in [1.82, 2.24) is 0 Å². The predicted octanol–water partition coefficient (Wildman–Crippen LogP) is 1.84. The number of ether oxygens (including phenoxy) is 1. The summed E-state index contributed by atoms with van der Waals surface area (Å²) in [5, 5.41) is 0. The molecule has 0 unspecified atom stereocenters. The average molecular weight is 305 g/mol. The van der Waals surface area contributed by atoms with Gasteiger partial charge in [-0.1, -0.05) is 12.1 Å². The molecular formula is C16H24BNO4. The van der Waals surface area contributed by atoms with Crippen molar-refractivity contribution in [2.75, 3.05) is 26.1 Å². The van der Waals surface area contributed by atoms with E-state index in [1.165, 1.54) is 7.11 Å². The van der Waals surface area contributed by atoms with Gasteiger partial charge in [-0.15, -0.1) is 0 Å². The van der Waals surface area contributed by atoms with Crippen LogP contribution < -0.4 is 10.4 Å². The number of nitrogens with zero attached hydrogens (tertiary/aromatic N) is 1. The summed E-state index contributed by atoms with van der Waals surface area (Å²) >= 11 is 0. The van der Waals surface area contributed by atoms with Gasteiger partial charge in [0, 0.05) is 14.1 Å². The maximum Gasteiger partial charge on any atom is 0.495 e. The molecule has 22 heavy (non-hydrogen) atoms. The molecule has 0 aromatic heterocycles. The van der Waals surface area contributed by atoms with Gasteiger partial charge in [-0.05, 0) is 39.2 Å². The Labute approximate surface area is 132 Å². The molecule has 1 aliphatic heterocycles. The van der Waals surface area contributed by atoms with Crippen LogP contribution in [0.3, 0.4) is 0 Å². The summed E-state index contributed by atoms with van der Waals surface area (Å²) in [6.07, 6.45) is 0. The zero-order chi connectivity index (χ0) is 16.7. The quantitative estimate of drug-likeness (QED) is 0.630. The molecule has 1 aromatic rings.